The lowest BCUT2D eigenvalue weighted by molar-refractivity contribution is 0.103. The number of allylic oxidation sites excluding steroid dienone is 4. The normalized spacial score (nSPS) is 19.1. The molecule has 0 fully saturated rings. The molecule has 1 aromatic rings. The molecule has 0 saturated heterocycles. The van der Waals surface area contributed by atoms with E-state index in [1.54, 1.807) is 12.4 Å². The smallest absolute Gasteiger partial charge is 0.187 e. The fourth-order valence-corrected chi connectivity index (χ4v) is 2.15. The standard InChI is InChI=1S/C16H15N3O/c20-16(14-6-2-1-3-7-14)12-15-8-4-5-10-19(15)18-11-9-17-13-18/h1-8,10,12-13H,9,11H2. The molecule has 0 atom stereocenters. The zero-order valence-corrected chi connectivity index (χ0v) is 11.0. The van der Waals surface area contributed by atoms with Gasteiger partial charge in [0, 0.05) is 17.8 Å². The van der Waals surface area contributed by atoms with Crippen LogP contribution in [0.5, 0.6) is 0 Å². The van der Waals surface area contributed by atoms with E-state index in [4.69, 9.17) is 0 Å². The number of hydrogen-bond acceptors (Lipinski definition) is 4. The van der Waals surface area contributed by atoms with Gasteiger partial charge in [0.05, 0.1) is 18.8 Å². The molecule has 0 aromatic heterocycles. The Bertz CT molecular complexity index is 614. The molecule has 0 bridgehead atoms. The number of nitrogens with zero attached hydrogens (tertiary/aromatic N) is 3. The topological polar surface area (TPSA) is 35.9 Å². The van der Waals surface area contributed by atoms with Crippen molar-refractivity contribution in [1.82, 2.24) is 10.0 Å². The highest BCUT2D eigenvalue weighted by atomic mass is 16.1. The van der Waals surface area contributed by atoms with Crippen molar-refractivity contribution in [3.63, 3.8) is 0 Å². The Morgan fingerprint density at radius 1 is 1.20 bits per heavy atom. The second kappa shape index (κ2) is 5.57. The predicted molar refractivity (Wildman–Crippen MR) is 79.0 cm³/mol. The van der Waals surface area contributed by atoms with Gasteiger partial charge in [0.2, 0.25) is 0 Å². The maximum absolute atomic E-state index is 12.3. The van der Waals surface area contributed by atoms with E-state index < -0.39 is 0 Å². The number of ketones is 1. The highest BCUT2D eigenvalue weighted by Crippen LogP contribution is 2.17. The van der Waals surface area contributed by atoms with Gasteiger partial charge in [0.1, 0.15) is 6.34 Å². The van der Waals surface area contributed by atoms with Crippen LogP contribution in [-0.4, -0.2) is 35.2 Å². The first-order valence-electron chi connectivity index (χ1n) is 6.56. The van der Waals surface area contributed by atoms with Crippen LogP contribution in [0, 0.1) is 0 Å². The minimum atomic E-state index is 0.00156. The monoisotopic (exact) mass is 265 g/mol. The largest absolute Gasteiger partial charge is 0.289 e. The molecule has 0 saturated carbocycles. The van der Waals surface area contributed by atoms with E-state index in [9.17, 15) is 4.79 Å². The highest BCUT2D eigenvalue weighted by molar-refractivity contribution is 6.05. The van der Waals surface area contributed by atoms with Crippen LogP contribution in [-0.2, 0) is 0 Å². The molecule has 3 rings (SSSR count). The second-order valence-electron chi connectivity index (χ2n) is 4.53. The molecule has 2 aliphatic heterocycles. The second-order valence-corrected chi connectivity index (χ2v) is 4.53. The van der Waals surface area contributed by atoms with E-state index in [0.29, 0.717) is 5.56 Å². The van der Waals surface area contributed by atoms with Gasteiger partial charge >= 0.3 is 0 Å². The molecule has 0 N–H and O–H groups in total. The van der Waals surface area contributed by atoms with Gasteiger partial charge in [-0.2, -0.15) is 0 Å². The lowest BCUT2D eigenvalue weighted by atomic mass is 10.1. The van der Waals surface area contributed by atoms with Crippen molar-refractivity contribution < 1.29 is 4.79 Å². The van der Waals surface area contributed by atoms with Crippen LogP contribution in [0.3, 0.4) is 0 Å². The van der Waals surface area contributed by atoms with Gasteiger partial charge in [0.25, 0.3) is 0 Å². The molecular formula is C16H15N3O. The zero-order chi connectivity index (χ0) is 13.8. The fourth-order valence-electron chi connectivity index (χ4n) is 2.15. The molecule has 0 spiro atoms. The van der Waals surface area contributed by atoms with Gasteiger partial charge in [-0.3, -0.25) is 19.8 Å². The summed E-state index contributed by atoms with van der Waals surface area (Å²) in [6.07, 6.45) is 11.2. The average molecular weight is 265 g/mol. The molecule has 1 aromatic carbocycles. The first kappa shape index (κ1) is 12.4. The molecule has 100 valence electrons. The third-order valence-corrected chi connectivity index (χ3v) is 3.16. The zero-order valence-electron chi connectivity index (χ0n) is 11.0. The molecule has 2 heterocycles. The molecule has 4 heteroatoms. The summed E-state index contributed by atoms with van der Waals surface area (Å²) in [6.45, 7) is 1.61. The van der Waals surface area contributed by atoms with Crippen molar-refractivity contribution >= 4 is 12.1 Å². The maximum atomic E-state index is 12.3. The van der Waals surface area contributed by atoms with Gasteiger partial charge in [-0.05, 0) is 12.2 Å². The van der Waals surface area contributed by atoms with E-state index in [-0.39, 0.29) is 5.78 Å². The maximum Gasteiger partial charge on any atom is 0.187 e. The number of hydrazine groups is 1. The van der Waals surface area contributed by atoms with Gasteiger partial charge in [-0.15, -0.1) is 0 Å². The number of carbonyl (C=O) groups is 1. The Morgan fingerprint density at radius 3 is 2.80 bits per heavy atom. The SMILES string of the molecule is O=C(C=C1C=CC=CN1N1C=NCC1)c1ccccc1. The fraction of sp³-hybridized carbons (Fsp3) is 0.125. The predicted octanol–water partition coefficient (Wildman–Crippen LogP) is 2.40. The summed E-state index contributed by atoms with van der Waals surface area (Å²) < 4.78 is 0. The van der Waals surface area contributed by atoms with Gasteiger partial charge in [0.15, 0.2) is 5.78 Å². The summed E-state index contributed by atoms with van der Waals surface area (Å²) >= 11 is 0. The van der Waals surface area contributed by atoms with Crippen molar-refractivity contribution in [2.45, 2.75) is 0 Å². The van der Waals surface area contributed by atoms with Crippen LogP contribution >= 0.6 is 0 Å². The van der Waals surface area contributed by atoms with E-state index in [0.717, 1.165) is 18.8 Å². The number of hydrogen-bond donors (Lipinski definition) is 0. The van der Waals surface area contributed by atoms with E-state index in [1.807, 2.05) is 64.8 Å². The summed E-state index contributed by atoms with van der Waals surface area (Å²) in [7, 11) is 0. The van der Waals surface area contributed by atoms with E-state index >= 15 is 0 Å². The number of carbonyl (C=O) groups excluding carboxylic acids is 1. The summed E-state index contributed by atoms with van der Waals surface area (Å²) in [6, 6.07) is 9.29. The number of benzene rings is 1. The van der Waals surface area contributed by atoms with Crippen molar-refractivity contribution in [3.8, 4) is 0 Å². The summed E-state index contributed by atoms with van der Waals surface area (Å²) in [5.41, 5.74) is 1.53. The van der Waals surface area contributed by atoms with Crippen LogP contribution in [0.15, 0.2) is 71.5 Å². The lowest BCUT2D eigenvalue weighted by Crippen LogP contribution is -2.36. The molecule has 0 amide bonds. The summed E-state index contributed by atoms with van der Waals surface area (Å²) in [5.74, 6) is 0.00156. The highest BCUT2D eigenvalue weighted by Gasteiger charge is 2.17. The third-order valence-electron chi connectivity index (χ3n) is 3.16. The van der Waals surface area contributed by atoms with Crippen LogP contribution in [0.25, 0.3) is 0 Å². The van der Waals surface area contributed by atoms with Crippen molar-refractivity contribution in [3.05, 3.63) is 72.1 Å². The Kier molecular flexibility index (Phi) is 3.46. The summed E-state index contributed by atoms with van der Waals surface area (Å²) in [5, 5.41) is 3.93. The minimum Gasteiger partial charge on any atom is -0.289 e. The Labute approximate surface area is 118 Å². The van der Waals surface area contributed by atoms with Crippen molar-refractivity contribution in [2.75, 3.05) is 13.1 Å². The molecular weight excluding hydrogens is 250 g/mol. The number of aliphatic imine (C=N–C) groups is 1. The first-order valence-corrected chi connectivity index (χ1v) is 6.56. The van der Waals surface area contributed by atoms with Crippen LogP contribution in [0.2, 0.25) is 0 Å². The summed E-state index contributed by atoms with van der Waals surface area (Å²) in [4.78, 5) is 16.5. The lowest BCUT2D eigenvalue weighted by Gasteiger charge is -2.31. The van der Waals surface area contributed by atoms with Crippen molar-refractivity contribution in [2.24, 2.45) is 4.99 Å². The number of rotatable bonds is 3. The van der Waals surface area contributed by atoms with E-state index in [1.165, 1.54) is 0 Å². The molecule has 0 aliphatic carbocycles. The first-order chi connectivity index (χ1) is 9.84. The quantitative estimate of drug-likeness (QED) is 0.622. The third kappa shape index (κ3) is 2.54. The van der Waals surface area contributed by atoms with Gasteiger partial charge in [-0.1, -0.05) is 36.4 Å². The molecule has 0 radical (unpaired) electrons. The molecule has 2 aliphatic rings. The molecule has 0 unspecified atom stereocenters. The Balaban J connectivity index is 1.85. The Morgan fingerprint density at radius 2 is 2.05 bits per heavy atom. The van der Waals surface area contributed by atoms with E-state index in [2.05, 4.69) is 4.99 Å². The average Bonchev–Trinajstić information content (AvgIpc) is 3.03. The van der Waals surface area contributed by atoms with Crippen molar-refractivity contribution in [1.29, 1.82) is 0 Å². The van der Waals surface area contributed by atoms with Crippen LogP contribution in [0.1, 0.15) is 10.4 Å². The minimum absolute atomic E-state index is 0.00156. The molecule has 4 nitrogen and oxygen atoms in total. The van der Waals surface area contributed by atoms with Gasteiger partial charge in [-0.25, -0.2) is 0 Å². The van der Waals surface area contributed by atoms with Crippen LogP contribution in [0.4, 0.5) is 0 Å². The van der Waals surface area contributed by atoms with Gasteiger partial charge < -0.3 is 0 Å². The molecule has 20 heavy (non-hydrogen) atoms. The Hall–Kier alpha value is -2.62. The van der Waals surface area contributed by atoms with Crippen LogP contribution < -0.4 is 0 Å².